The molecule has 3 heterocycles. The van der Waals surface area contributed by atoms with E-state index in [0.717, 1.165) is 11.1 Å². The van der Waals surface area contributed by atoms with Gasteiger partial charge in [0.05, 0.1) is 12.0 Å². The zero-order valence-corrected chi connectivity index (χ0v) is 16.9. The lowest BCUT2D eigenvalue weighted by Crippen LogP contribution is -2.14. The third kappa shape index (κ3) is 3.41. The molecule has 0 spiro atoms. The van der Waals surface area contributed by atoms with Crippen LogP contribution in [0.15, 0.2) is 47.0 Å². The van der Waals surface area contributed by atoms with Crippen LogP contribution in [-0.4, -0.2) is 18.3 Å². The minimum atomic E-state index is -0.288. The Kier molecular flexibility index (Phi) is 5.37. The van der Waals surface area contributed by atoms with E-state index in [1.165, 1.54) is 39.8 Å². The molecule has 0 saturated heterocycles. The first kappa shape index (κ1) is 18.2. The summed E-state index contributed by atoms with van der Waals surface area (Å²) in [6, 6.07) is 4.21. The van der Waals surface area contributed by atoms with Gasteiger partial charge in [-0.2, -0.15) is 0 Å². The van der Waals surface area contributed by atoms with E-state index >= 15 is 0 Å². The molecule has 0 aliphatic carbocycles. The lowest BCUT2D eigenvalue weighted by atomic mass is 9.89. The van der Waals surface area contributed by atoms with Gasteiger partial charge in [-0.1, -0.05) is 19.2 Å². The Balaban J connectivity index is 1.97. The molecule has 0 bridgehead atoms. The maximum atomic E-state index is 12.1. The molecular weight excluding hydrogens is 368 g/mol. The predicted octanol–water partition coefficient (Wildman–Crippen LogP) is 5.94. The standard InChI is InChI=1S/C20H20O2S3/c1-11-6-8-23-17(11)13(3)15-10-16(20(21)22-5)25-19(15)14(4)18-12(2)7-9-24-18/h6-10,15,19H,3-4H2,1-2,5H3. The molecule has 0 radical (unpaired) electrons. The summed E-state index contributed by atoms with van der Waals surface area (Å²) in [5.74, 6) is -0.255. The third-order valence-corrected chi connectivity index (χ3v) is 7.92. The van der Waals surface area contributed by atoms with Crippen molar-refractivity contribution < 1.29 is 9.53 Å². The van der Waals surface area contributed by atoms with Crippen molar-refractivity contribution in [1.29, 1.82) is 0 Å². The van der Waals surface area contributed by atoms with Gasteiger partial charge in [-0.15, -0.1) is 34.4 Å². The normalized spacial score (nSPS) is 19.6. The molecule has 0 aromatic carbocycles. The molecule has 2 unspecified atom stereocenters. The molecule has 0 saturated carbocycles. The average molecular weight is 389 g/mol. The second-order valence-corrected chi connectivity index (χ2v) is 9.02. The van der Waals surface area contributed by atoms with Crippen LogP contribution in [-0.2, 0) is 9.53 Å². The average Bonchev–Trinajstić information content (AvgIpc) is 3.32. The van der Waals surface area contributed by atoms with Crippen LogP contribution >= 0.6 is 34.4 Å². The fourth-order valence-electron chi connectivity index (χ4n) is 2.97. The van der Waals surface area contributed by atoms with Crippen LogP contribution in [0.2, 0.25) is 0 Å². The van der Waals surface area contributed by atoms with Crippen molar-refractivity contribution in [3.05, 3.63) is 67.9 Å². The summed E-state index contributed by atoms with van der Waals surface area (Å²) in [7, 11) is 1.42. The number of carbonyl (C=O) groups is 1. The van der Waals surface area contributed by atoms with Gasteiger partial charge in [0, 0.05) is 20.9 Å². The Morgan fingerprint density at radius 2 is 1.60 bits per heavy atom. The van der Waals surface area contributed by atoms with Gasteiger partial charge in [0.1, 0.15) is 0 Å². The van der Waals surface area contributed by atoms with E-state index in [0.29, 0.717) is 4.91 Å². The topological polar surface area (TPSA) is 26.3 Å². The monoisotopic (exact) mass is 388 g/mol. The van der Waals surface area contributed by atoms with Crippen molar-refractivity contribution in [2.45, 2.75) is 19.1 Å². The summed E-state index contributed by atoms with van der Waals surface area (Å²) < 4.78 is 4.94. The number of thioether (sulfide) groups is 1. The number of allylic oxidation sites excluding steroid dienone is 2. The Hall–Kier alpha value is -1.56. The summed E-state index contributed by atoms with van der Waals surface area (Å²) in [5, 5.41) is 4.22. The molecule has 1 aliphatic heterocycles. The number of ether oxygens (including phenoxy) is 1. The smallest absolute Gasteiger partial charge is 0.344 e. The Bertz CT molecular complexity index is 869. The zero-order chi connectivity index (χ0) is 18.1. The lowest BCUT2D eigenvalue weighted by Gasteiger charge is -2.23. The number of thiophene rings is 2. The zero-order valence-electron chi connectivity index (χ0n) is 14.5. The minimum absolute atomic E-state index is 0.0328. The van der Waals surface area contributed by atoms with Crippen molar-refractivity contribution in [3.63, 3.8) is 0 Å². The van der Waals surface area contributed by atoms with E-state index in [9.17, 15) is 4.79 Å². The minimum Gasteiger partial charge on any atom is -0.465 e. The molecule has 2 atom stereocenters. The Morgan fingerprint density at radius 3 is 2.08 bits per heavy atom. The van der Waals surface area contributed by atoms with Gasteiger partial charge in [0.25, 0.3) is 0 Å². The number of hydrogen-bond acceptors (Lipinski definition) is 5. The fourth-order valence-corrected chi connectivity index (χ4v) is 6.26. The van der Waals surface area contributed by atoms with E-state index in [1.54, 1.807) is 22.7 Å². The Morgan fingerprint density at radius 1 is 1.04 bits per heavy atom. The van der Waals surface area contributed by atoms with E-state index in [2.05, 4.69) is 49.9 Å². The first-order chi connectivity index (χ1) is 11.9. The predicted molar refractivity (Wildman–Crippen MR) is 111 cm³/mol. The van der Waals surface area contributed by atoms with Gasteiger partial charge in [-0.25, -0.2) is 4.79 Å². The van der Waals surface area contributed by atoms with Crippen molar-refractivity contribution in [2.24, 2.45) is 5.92 Å². The fraction of sp³-hybridized carbons (Fsp3) is 0.250. The highest BCUT2D eigenvalue weighted by molar-refractivity contribution is 8.05. The molecule has 1 aliphatic rings. The number of esters is 1. The summed E-state index contributed by atoms with van der Waals surface area (Å²) in [5.41, 5.74) is 4.53. The van der Waals surface area contributed by atoms with Crippen molar-refractivity contribution in [3.8, 4) is 0 Å². The van der Waals surface area contributed by atoms with E-state index in [4.69, 9.17) is 4.74 Å². The summed E-state index contributed by atoms with van der Waals surface area (Å²) in [6.07, 6.45) is 2.00. The second kappa shape index (κ2) is 7.36. The highest BCUT2D eigenvalue weighted by Gasteiger charge is 2.37. The molecule has 25 heavy (non-hydrogen) atoms. The van der Waals surface area contributed by atoms with Crippen molar-refractivity contribution >= 4 is 51.6 Å². The number of hydrogen-bond donors (Lipinski definition) is 0. The van der Waals surface area contributed by atoms with E-state index in [1.807, 2.05) is 6.08 Å². The molecule has 130 valence electrons. The summed E-state index contributed by atoms with van der Waals surface area (Å²) in [6.45, 7) is 12.9. The van der Waals surface area contributed by atoms with Gasteiger partial charge in [-0.05, 0) is 59.0 Å². The van der Waals surface area contributed by atoms with Crippen LogP contribution in [0, 0.1) is 19.8 Å². The molecule has 0 amide bonds. The van der Waals surface area contributed by atoms with Crippen LogP contribution in [0.3, 0.4) is 0 Å². The van der Waals surface area contributed by atoms with Crippen LogP contribution in [0.25, 0.3) is 11.1 Å². The quantitative estimate of drug-likeness (QED) is 0.593. The number of methoxy groups -OCH3 is 1. The van der Waals surface area contributed by atoms with Gasteiger partial charge < -0.3 is 4.74 Å². The van der Waals surface area contributed by atoms with Gasteiger partial charge in [0.2, 0.25) is 0 Å². The molecule has 2 aromatic rings. The maximum Gasteiger partial charge on any atom is 0.344 e. The number of aryl methyl sites for hydroxylation is 2. The molecular formula is C20H20O2S3. The largest absolute Gasteiger partial charge is 0.465 e. The molecule has 0 fully saturated rings. The van der Waals surface area contributed by atoms with Crippen LogP contribution in [0.5, 0.6) is 0 Å². The second-order valence-electron chi connectivity index (χ2n) is 6.00. The first-order valence-electron chi connectivity index (χ1n) is 7.87. The molecule has 2 aromatic heterocycles. The molecule has 3 rings (SSSR count). The summed E-state index contributed by atoms with van der Waals surface area (Å²) in [4.78, 5) is 15.1. The highest BCUT2D eigenvalue weighted by atomic mass is 32.2. The van der Waals surface area contributed by atoms with Crippen molar-refractivity contribution in [2.75, 3.05) is 7.11 Å². The van der Waals surface area contributed by atoms with E-state index < -0.39 is 0 Å². The number of rotatable bonds is 5. The lowest BCUT2D eigenvalue weighted by molar-refractivity contribution is -0.135. The maximum absolute atomic E-state index is 12.1. The number of carbonyl (C=O) groups excluding carboxylic acids is 1. The highest BCUT2D eigenvalue weighted by Crippen LogP contribution is 2.50. The third-order valence-electron chi connectivity index (χ3n) is 4.35. The molecule has 5 heteroatoms. The van der Waals surface area contributed by atoms with Crippen LogP contribution in [0.4, 0.5) is 0 Å². The summed E-state index contributed by atoms with van der Waals surface area (Å²) >= 11 is 4.92. The Labute approximate surface area is 160 Å². The van der Waals surface area contributed by atoms with Crippen molar-refractivity contribution in [1.82, 2.24) is 0 Å². The first-order valence-corrected chi connectivity index (χ1v) is 10.5. The van der Waals surface area contributed by atoms with Crippen LogP contribution < -0.4 is 0 Å². The van der Waals surface area contributed by atoms with E-state index in [-0.39, 0.29) is 17.1 Å². The molecule has 0 N–H and O–H groups in total. The van der Waals surface area contributed by atoms with Crippen LogP contribution in [0.1, 0.15) is 20.9 Å². The van der Waals surface area contributed by atoms with Gasteiger partial charge >= 0.3 is 5.97 Å². The SMILES string of the molecule is C=C(c1sccc1C)C1C=C(C(=O)OC)SC1C(=C)c1sccc1C. The van der Waals surface area contributed by atoms with Gasteiger partial charge in [0.15, 0.2) is 0 Å². The molecule has 2 nitrogen and oxygen atoms in total. The van der Waals surface area contributed by atoms with Gasteiger partial charge in [-0.3, -0.25) is 0 Å².